The van der Waals surface area contributed by atoms with Gasteiger partial charge in [0.1, 0.15) is 5.00 Å². The van der Waals surface area contributed by atoms with E-state index in [1.54, 1.807) is 25.1 Å². The molecule has 2 aromatic rings. The summed E-state index contributed by atoms with van der Waals surface area (Å²) in [7, 11) is 0. The van der Waals surface area contributed by atoms with E-state index >= 15 is 0 Å². The van der Waals surface area contributed by atoms with Crippen LogP contribution in [0, 0.1) is 5.92 Å². The van der Waals surface area contributed by atoms with Gasteiger partial charge in [0, 0.05) is 16.2 Å². The Kier molecular flexibility index (Phi) is 6.39. The minimum atomic E-state index is -1.09. The van der Waals surface area contributed by atoms with Gasteiger partial charge in [-0.3, -0.25) is 9.59 Å². The lowest BCUT2D eigenvalue weighted by atomic mass is 9.88. The molecule has 1 N–H and O–H groups in total. The first-order valence-corrected chi connectivity index (χ1v) is 12.2. The zero-order valence-corrected chi connectivity index (χ0v) is 19.4. The fraction of sp³-hybridized carbons (Fsp3) is 0.391. The molecule has 1 aliphatic carbocycles. The van der Waals surface area contributed by atoms with Crippen LogP contribution in [0.15, 0.2) is 29.2 Å². The lowest BCUT2D eigenvalue weighted by Crippen LogP contribution is -2.32. The van der Waals surface area contributed by atoms with E-state index in [2.05, 4.69) is 6.92 Å². The molecule has 2 heterocycles. The van der Waals surface area contributed by atoms with Crippen LogP contribution in [0.2, 0.25) is 0 Å². The van der Waals surface area contributed by atoms with E-state index in [9.17, 15) is 24.3 Å². The minimum Gasteiger partial charge on any atom is -0.478 e. The van der Waals surface area contributed by atoms with Gasteiger partial charge in [-0.1, -0.05) is 19.1 Å². The van der Waals surface area contributed by atoms with Gasteiger partial charge in [-0.05, 0) is 49.8 Å². The Hall–Kier alpha value is -2.65. The summed E-state index contributed by atoms with van der Waals surface area (Å²) in [6.07, 6.45) is 2.38. The maximum absolute atomic E-state index is 13.3. The summed E-state index contributed by atoms with van der Waals surface area (Å²) in [4.78, 5) is 53.1. The number of ether oxygens (including phenoxy) is 1. The van der Waals surface area contributed by atoms with Gasteiger partial charge in [-0.2, -0.15) is 0 Å². The van der Waals surface area contributed by atoms with Crippen molar-refractivity contribution in [2.24, 2.45) is 5.92 Å². The van der Waals surface area contributed by atoms with Gasteiger partial charge in [0.15, 0.2) is 0 Å². The predicted molar refractivity (Wildman–Crippen MR) is 122 cm³/mol. The number of aromatic carboxylic acids is 1. The number of rotatable bonds is 6. The smallest absolute Gasteiger partial charge is 0.341 e. The normalized spacial score (nSPS) is 20.4. The fourth-order valence-electron chi connectivity index (χ4n) is 4.12. The molecule has 1 aromatic heterocycles. The highest BCUT2D eigenvalue weighted by Gasteiger charge is 2.44. The Balaban J connectivity index is 1.69. The summed E-state index contributed by atoms with van der Waals surface area (Å²) < 4.78 is 5.26. The van der Waals surface area contributed by atoms with Crippen molar-refractivity contribution >= 4 is 51.9 Å². The number of nitrogens with zero attached hydrogens (tertiary/aromatic N) is 1. The van der Waals surface area contributed by atoms with Crippen molar-refractivity contribution in [3.63, 3.8) is 0 Å². The molecule has 1 saturated heterocycles. The number of hydrogen-bond donors (Lipinski definition) is 1. The van der Waals surface area contributed by atoms with E-state index < -0.39 is 29.0 Å². The van der Waals surface area contributed by atoms with Crippen LogP contribution in [0.5, 0.6) is 0 Å². The molecule has 168 valence electrons. The molecule has 0 bridgehead atoms. The summed E-state index contributed by atoms with van der Waals surface area (Å²) in [6.45, 7) is 4.06. The van der Waals surface area contributed by atoms with Crippen LogP contribution in [0.1, 0.15) is 57.8 Å². The van der Waals surface area contributed by atoms with Gasteiger partial charge in [-0.15, -0.1) is 23.1 Å². The van der Waals surface area contributed by atoms with E-state index in [-0.39, 0.29) is 18.6 Å². The summed E-state index contributed by atoms with van der Waals surface area (Å²) >= 11 is 2.39. The van der Waals surface area contributed by atoms with Gasteiger partial charge < -0.3 is 9.84 Å². The number of amides is 2. The first-order valence-electron chi connectivity index (χ1n) is 10.5. The van der Waals surface area contributed by atoms with E-state index in [1.807, 2.05) is 0 Å². The molecule has 0 radical (unpaired) electrons. The standard InChI is InChI=1S/C23H23NO6S2/c1-3-30-23(29)19-13-9-8-12(2)10-16(13)32-21(19)24-18(25)11-17(20(24)26)31-15-7-5-4-6-14(15)22(27)28/h4-7,12,17H,3,8-11H2,1-2H3,(H,27,28)/t12-,17-/m1/s1. The Bertz CT molecular complexity index is 1110. The summed E-state index contributed by atoms with van der Waals surface area (Å²) in [5.74, 6) is -1.96. The van der Waals surface area contributed by atoms with Gasteiger partial charge in [0.05, 0.1) is 23.0 Å². The molecule has 2 aliphatic rings. The molecule has 2 amide bonds. The number of imide groups is 1. The monoisotopic (exact) mass is 473 g/mol. The van der Waals surface area contributed by atoms with Crippen LogP contribution >= 0.6 is 23.1 Å². The molecule has 0 spiro atoms. The summed E-state index contributed by atoms with van der Waals surface area (Å²) in [5.41, 5.74) is 1.30. The molecule has 1 fully saturated rings. The quantitative estimate of drug-likeness (QED) is 0.496. The summed E-state index contributed by atoms with van der Waals surface area (Å²) in [5, 5.41) is 9.01. The Morgan fingerprint density at radius 2 is 2.00 bits per heavy atom. The molecule has 9 heteroatoms. The zero-order chi connectivity index (χ0) is 23.0. The van der Waals surface area contributed by atoms with Crippen LogP contribution in [0.25, 0.3) is 0 Å². The molecule has 1 aliphatic heterocycles. The highest BCUT2D eigenvalue weighted by Crippen LogP contribution is 2.45. The van der Waals surface area contributed by atoms with Crippen molar-refractivity contribution in [1.29, 1.82) is 0 Å². The van der Waals surface area contributed by atoms with Crippen LogP contribution in [-0.2, 0) is 27.2 Å². The number of benzene rings is 1. The van der Waals surface area contributed by atoms with E-state index in [0.717, 1.165) is 39.9 Å². The van der Waals surface area contributed by atoms with Gasteiger partial charge in [0.2, 0.25) is 11.8 Å². The SMILES string of the molecule is CCOC(=O)c1c(N2C(=O)C[C@@H](Sc3ccccc3C(=O)O)C2=O)sc2c1CC[C@@H](C)C2. The molecule has 0 saturated carbocycles. The Morgan fingerprint density at radius 1 is 1.25 bits per heavy atom. The van der Waals surface area contributed by atoms with Crippen molar-refractivity contribution in [2.75, 3.05) is 11.5 Å². The highest BCUT2D eigenvalue weighted by atomic mass is 32.2. The second-order valence-electron chi connectivity index (χ2n) is 7.93. The third-order valence-corrected chi connectivity index (χ3v) is 8.17. The largest absolute Gasteiger partial charge is 0.478 e. The number of carboxylic acids is 1. The van der Waals surface area contributed by atoms with E-state index in [4.69, 9.17) is 4.74 Å². The number of carbonyl (C=O) groups is 4. The fourth-order valence-corrected chi connectivity index (χ4v) is 6.81. The second-order valence-corrected chi connectivity index (χ2v) is 10.3. The molecule has 1 aromatic carbocycles. The van der Waals surface area contributed by atoms with Crippen LogP contribution in [-0.4, -0.2) is 40.7 Å². The zero-order valence-electron chi connectivity index (χ0n) is 17.8. The Morgan fingerprint density at radius 3 is 2.72 bits per heavy atom. The number of hydrogen-bond acceptors (Lipinski definition) is 7. The van der Waals surface area contributed by atoms with Crippen molar-refractivity contribution in [2.45, 2.75) is 49.7 Å². The predicted octanol–water partition coefficient (Wildman–Crippen LogP) is 4.17. The second kappa shape index (κ2) is 9.07. The van der Waals surface area contributed by atoms with Crippen molar-refractivity contribution in [1.82, 2.24) is 0 Å². The maximum Gasteiger partial charge on any atom is 0.341 e. The van der Waals surface area contributed by atoms with Crippen molar-refractivity contribution in [3.05, 3.63) is 45.8 Å². The van der Waals surface area contributed by atoms with Crippen LogP contribution in [0.3, 0.4) is 0 Å². The van der Waals surface area contributed by atoms with Gasteiger partial charge in [-0.25, -0.2) is 14.5 Å². The molecule has 7 nitrogen and oxygen atoms in total. The van der Waals surface area contributed by atoms with E-state index in [0.29, 0.717) is 27.8 Å². The molecule has 0 unspecified atom stereocenters. The number of carbonyl (C=O) groups excluding carboxylic acids is 3. The van der Waals surface area contributed by atoms with Crippen LogP contribution in [0.4, 0.5) is 5.00 Å². The lowest BCUT2D eigenvalue weighted by molar-refractivity contribution is -0.121. The van der Waals surface area contributed by atoms with Gasteiger partial charge >= 0.3 is 11.9 Å². The Labute approximate surface area is 193 Å². The molecular weight excluding hydrogens is 450 g/mol. The maximum atomic E-state index is 13.3. The number of esters is 1. The number of carboxylic acid groups (broad SMARTS) is 1. The number of thioether (sulfide) groups is 1. The third-order valence-electron chi connectivity index (χ3n) is 5.67. The lowest BCUT2D eigenvalue weighted by Gasteiger charge is -2.18. The topological polar surface area (TPSA) is 101 Å². The molecular formula is C23H23NO6S2. The first-order chi connectivity index (χ1) is 15.3. The number of anilines is 1. The van der Waals surface area contributed by atoms with Crippen molar-refractivity contribution < 1.29 is 29.0 Å². The van der Waals surface area contributed by atoms with Crippen molar-refractivity contribution in [3.8, 4) is 0 Å². The number of fused-ring (bicyclic) bond motifs is 1. The van der Waals surface area contributed by atoms with Crippen LogP contribution < -0.4 is 4.90 Å². The average molecular weight is 474 g/mol. The highest BCUT2D eigenvalue weighted by molar-refractivity contribution is 8.00. The summed E-state index contributed by atoms with van der Waals surface area (Å²) in [6, 6.07) is 6.41. The molecule has 32 heavy (non-hydrogen) atoms. The molecule has 2 atom stereocenters. The van der Waals surface area contributed by atoms with Gasteiger partial charge in [0.25, 0.3) is 0 Å². The number of thiophene rings is 1. The molecule has 4 rings (SSSR count). The third kappa shape index (κ3) is 4.06. The first kappa shape index (κ1) is 22.5. The average Bonchev–Trinajstić information content (AvgIpc) is 3.24. The van der Waals surface area contributed by atoms with E-state index in [1.165, 1.54) is 17.4 Å². The minimum absolute atomic E-state index is 0.0569.